The van der Waals surface area contributed by atoms with Crippen molar-refractivity contribution >= 4 is 104 Å². The molecule has 15 rings (SSSR count). The predicted molar refractivity (Wildman–Crippen MR) is 455 cm³/mol. The van der Waals surface area contributed by atoms with Crippen molar-refractivity contribution in [1.29, 1.82) is 0 Å². The van der Waals surface area contributed by atoms with Crippen molar-refractivity contribution in [3.63, 3.8) is 0 Å². The smallest absolute Gasteiger partial charge is 0.415 e. The summed E-state index contributed by atoms with van der Waals surface area (Å²) in [5, 5.41) is 22.5. The van der Waals surface area contributed by atoms with Crippen LogP contribution < -0.4 is 48.2 Å². The molecular formula is C85H98ClN21O13. The molecule has 0 spiro atoms. The molecule has 3 unspecified atom stereocenters. The number of ether oxygens (including phenoxy) is 5. The number of pyridine rings is 6. The summed E-state index contributed by atoms with van der Waals surface area (Å²) in [5.74, 6) is 2.30. The first-order chi connectivity index (χ1) is 57.2. The third-order valence-electron chi connectivity index (χ3n) is 20.7. The molecule has 35 heteroatoms. The zero-order chi connectivity index (χ0) is 86.2. The number of aryl methyl sites for hydroxylation is 3. The lowest BCUT2D eigenvalue weighted by Gasteiger charge is -2.34. The van der Waals surface area contributed by atoms with E-state index in [0.717, 1.165) is 61.3 Å². The van der Waals surface area contributed by atoms with Gasteiger partial charge in [-0.1, -0.05) is 11.6 Å². The number of nitrogens with zero attached hydrogens (tertiary/aromatic N) is 17. The maximum absolute atomic E-state index is 13.4. The number of Topliss-reactive ketones (excluding diaryl/α,β-unsaturated/α-hetero) is 3. The van der Waals surface area contributed by atoms with Crippen molar-refractivity contribution in [3.8, 4) is 17.1 Å². The second kappa shape index (κ2) is 36.9. The maximum Gasteiger partial charge on any atom is 0.415 e. The fraction of sp³-hybridized carbons (Fsp3) is 0.376. The largest absolute Gasteiger partial charge is 0.443 e. The summed E-state index contributed by atoms with van der Waals surface area (Å²) in [6, 6.07) is 26.0. The van der Waals surface area contributed by atoms with Gasteiger partial charge in [0.05, 0.1) is 94.9 Å². The molecule has 0 bridgehead atoms. The average molecular weight is 1660 g/mol. The number of nitrogens with one attached hydrogen (secondary N) is 3. The van der Waals surface area contributed by atoms with E-state index in [1.807, 2.05) is 57.2 Å². The lowest BCUT2D eigenvalue weighted by Crippen LogP contribution is -2.35. The predicted octanol–water partition coefficient (Wildman–Crippen LogP) is 12.9. The number of fused-ring (bicyclic) bond motifs is 3. The number of carbonyl (C=O) groups excluding carboxylic acids is 5. The molecule has 628 valence electrons. The average Bonchev–Trinajstić information content (AvgIpc) is 1.62. The number of nitrogen functional groups attached to an aromatic ring is 1. The van der Waals surface area contributed by atoms with Gasteiger partial charge < -0.3 is 45.4 Å². The van der Waals surface area contributed by atoms with Crippen LogP contribution in [-0.4, -0.2) is 174 Å². The number of ketones is 3. The van der Waals surface area contributed by atoms with E-state index in [0.29, 0.717) is 87.6 Å². The molecule has 12 aromatic heterocycles. The number of methoxy groups -OCH3 is 3. The Labute approximate surface area is 696 Å². The van der Waals surface area contributed by atoms with Crippen LogP contribution in [0.15, 0.2) is 161 Å². The van der Waals surface area contributed by atoms with Crippen LogP contribution in [0.5, 0.6) is 0 Å². The topological polar surface area (TPSA) is 395 Å². The van der Waals surface area contributed by atoms with Crippen LogP contribution in [0, 0.1) is 38.5 Å². The van der Waals surface area contributed by atoms with Gasteiger partial charge in [0.15, 0.2) is 34.3 Å². The number of rotatable bonds is 22. The van der Waals surface area contributed by atoms with E-state index in [1.54, 1.807) is 180 Å². The van der Waals surface area contributed by atoms with E-state index in [2.05, 4.69) is 61.2 Å². The third kappa shape index (κ3) is 19.9. The summed E-state index contributed by atoms with van der Waals surface area (Å²) < 4.78 is 36.2. The molecule has 0 aliphatic heterocycles. The van der Waals surface area contributed by atoms with E-state index < -0.39 is 23.4 Å². The van der Waals surface area contributed by atoms with Gasteiger partial charge in [-0.3, -0.25) is 67.2 Å². The molecule has 3 aliphatic rings. The zero-order valence-electron chi connectivity index (χ0n) is 69.5. The molecule has 5 N–H and O–H groups in total. The van der Waals surface area contributed by atoms with Gasteiger partial charge in [-0.05, 0) is 191 Å². The van der Waals surface area contributed by atoms with Crippen molar-refractivity contribution in [2.45, 2.75) is 150 Å². The minimum Gasteiger partial charge on any atom is -0.443 e. The highest BCUT2D eigenvalue weighted by Crippen LogP contribution is 2.38. The Kier molecular flexibility index (Phi) is 26.6. The number of carbonyl (C=O) groups is 5. The Morgan fingerprint density at radius 3 is 1.20 bits per heavy atom. The second-order valence-electron chi connectivity index (χ2n) is 31.4. The lowest BCUT2D eigenvalue weighted by molar-refractivity contribution is -0.0171. The first-order valence-electron chi connectivity index (χ1n) is 39.1. The van der Waals surface area contributed by atoms with E-state index in [9.17, 15) is 38.4 Å². The molecule has 6 atom stereocenters. The van der Waals surface area contributed by atoms with Gasteiger partial charge in [0.2, 0.25) is 0 Å². The van der Waals surface area contributed by atoms with E-state index >= 15 is 0 Å². The number of amides is 2. The van der Waals surface area contributed by atoms with Crippen molar-refractivity contribution < 1.29 is 47.7 Å². The van der Waals surface area contributed by atoms with Crippen LogP contribution >= 0.6 is 11.6 Å². The van der Waals surface area contributed by atoms with Gasteiger partial charge in [-0.2, -0.15) is 28.8 Å². The summed E-state index contributed by atoms with van der Waals surface area (Å²) in [4.78, 5) is 132. The monoisotopic (exact) mass is 1660 g/mol. The first-order valence-corrected chi connectivity index (χ1v) is 39.4. The summed E-state index contributed by atoms with van der Waals surface area (Å²) in [6.07, 6.45) is 20.3. The van der Waals surface area contributed by atoms with Gasteiger partial charge in [-0.25, -0.2) is 24.5 Å². The van der Waals surface area contributed by atoms with Crippen LogP contribution in [0.3, 0.4) is 0 Å². The fourth-order valence-electron chi connectivity index (χ4n) is 13.7. The number of anilines is 8. The highest BCUT2D eigenvalue weighted by atomic mass is 35.5. The molecule has 12 aromatic rings. The number of nitrogens with two attached hydrogens (primary N) is 1. The molecule has 34 nitrogen and oxygen atoms in total. The molecule has 3 saturated carbocycles. The molecular weight excluding hydrogens is 1560 g/mol. The van der Waals surface area contributed by atoms with Crippen molar-refractivity contribution in [1.82, 2.24) is 72.4 Å². The molecule has 3 aliphatic carbocycles. The van der Waals surface area contributed by atoms with Gasteiger partial charge in [0.25, 0.3) is 16.7 Å². The van der Waals surface area contributed by atoms with Gasteiger partial charge >= 0.3 is 12.2 Å². The summed E-state index contributed by atoms with van der Waals surface area (Å²) in [6.45, 7) is 16.3. The molecule has 12 heterocycles. The second-order valence-corrected chi connectivity index (χ2v) is 31.8. The minimum absolute atomic E-state index is 0.0209. The maximum atomic E-state index is 13.4. The third-order valence-corrected chi connectivity index (χ3v) is 20.9. The lowest BCUT2D eigenvalue weighted by atomic mass is 9.78. The van der Waals surface area contributed by atoms with Crippen molar-refractivity contribution in [3.05, 3.63) is 217 Å². The van der Waals surface area contributed by atoms with Crippen LogP contribution in [0.1, 0.15) is 147 Å². The van der Waals surface area contributed by atoms with Crippen molar-refractivity contribution in [2.24, 2.45) is 17.8 Å². The van der Waals surface area contributed by atoms with Crippen LogP contribution in [0.4, 0.5) is 55.7 Å². The fourth-order valence-corrected chi connectivity index (χ4v) is 13.9. The van der Waals surface area contributed by atoms with E-state index in [-0.39, 0.29) is 98.1 Å². The van der Waals surface area contributed by atoms with Gasteiger partial charge in [0, 0.05) is 116 Å². The zero-order valence-corrected chi connectivity index (χ0v) is 70.3. The number of aromatic nitrogens is 15. The summed E-state index contributed by atoms with van der Waals surface area (Å²) in [5.41, 5.74) is 10.9. The molecule has 0 saturated heterocycles. The highest BCUT2D eigenvalue weighted by molar-refractivity contribution is 6.30. The quantitative estimate of drug-likeness (QED) is 0.0362. The summed E-state index contributed by atoms with van der Waals surface area (Å²) >= 11 is 6.17. The molecule has 3 fully saturated rings. The normalized spacial score (nSPS) is 16.6. The van der Waals surface area contributed by atoms with Crippen molar-refractivity contribution in [2.75, 3.05) is 74.0 Å². The van der Waals surface area contributed by atoms with Crippen LogP contribution in [-0.2, 0) is 23.7 Å². The molecule has 0 aromatic carbocycles. The number of hydrogen-bond donors (Lipinski definition) is 4. The molecule has 0 radical (unpaired) electrons. The Morgan fingerprint density at radius 1 is 0.483 bits per heavy atom. The minimum atomic E-state index is -0.732. The Balaban J connectivity index is 0.000000154. The number of halogens is 1. The Bertz CT molecular complexity index is 5940. The van der Waals surface area contributed by atoms with Crippen LogP contribution in [0.2, 0.25) is 5.15 Å². The highest BCUT2D eigenvalue weighted by Gasteiger charge is 2.37. The van der Waals surface area contributed by atoms with Gasteiger partial charge in [0.1, 0.15) is 56.8 Å². The Morgan fingerprint density at radius 2 is 0.842 bits per heavy atom. The number of hydrogen-bond acceptors (Lipinski definition) is 26. The molecule has 120 heavy (non-hydrogen) atoms. The SMILES string of the molecule is CNc1cc(Nc2cccn(-c3ccc(C)nc3)c2=O)nc2c(C(=O)CC3CC[C@@H]3OC)cnn12.CO[C@H]1CCC1CC(=O)c1cnn2c(N(C)C(=O)OC(C)(C)C)cc(Cl)nc12.CO[C@H]1CCC1CC(=O)c1cnn2c(N(C)C(=O)OC(C)(C)C)cc(Nc3cccn(-c4ccc(C)nc4)c3=O)nc12.Cc1ccc(-n2cccc(N)c2=O)cn1. The van der Waals surface area contributed by atoms with Crippen LogP contribution in [0.25, 0.3) is 34.0 Å². The Hall–Kier alpha value is -12.9. The molecule has 2 amide bonds. The summed E-state index contributed by atoms with van der Waals surface area (Å²) in [7, 11) is 9.87. The standard InChI is InChI=1S/C30H35N7O5.C25H27N7O3.C19H25ClN4O4.C11H11N3O/c1-18-9-11-20(16-31-18)36-13-7-8-22(28(36)39)33-25-15-26(35(5)29(40)42-30(2,3)4)37-27(34-25)21(17-32-37)23(38)14-19-10-12-24(19)41-6;1-15-6-8-17(13-27-15)31-10-4-5-19(25(31)34)29-22-12-23(26-2)32-24(30-22)18(14-28-32)20(33)11-16-7-9-21(16)35-3;1-19(2,3)28-18(26)23(4)16-9-15(20)22-17-12(10-21-24(16)17)13(25)8-11-6-7-14(11)27-5;1-8-4-5-9(7-13-8)14-6-2-3-10(12)11(14)15/h7-9,11,13,15-17,19,24H,10,12,14H2,1-6H3,(H,33,34);4-6,8,10,12-14,16,21,26H,7,9,11H2,1-3H3,(H,29,30);9-11,14H,6-8H2,1-5H3;2-7H,12H2,1H3/t19?,24-;16?,21-;11?,14-;/m000./s1. The van der Waals surface area contributed by atoms with E-state index in [1.165, 1.54) is 51.0 Å². The van der Waals surface area contributed by atoms with Gasteiger partial charge in [-0.15, -0.1) is 0 Å². The van der Waals surface area contributed by atoms with E-state index in [4.69, 9.17) is 41.0 Å². The first kappa shape index (κ1) is 86.4.